The Balaban J connectivity index is -0.00000143. The summed E-state index contributed by atoms with van der Waals surface area (Å²) in [5, 5.41) is 22.3. The van der Waals surface area contributed by atoms with Crippen LogP contribution in [0.25, 0.3) is 0 Å². The van der Waals surface area contributed by atoms with Crippen LogP contribution < -0.4 is 90.3 Å². The van der Waals surface area contributed by atoms with Crippen LogP contribution in [0.15, 0.2) is 60.7 Å². The van der Waals surface area contributed by atoms with Crippen molar-refractivity contribution in [3.05, 3.63) is 71.8 Å². The van der Waals surface area contributed by atoms with Crippen molar-refractivity contribution in [2.24, 2.45) is 23.3 Å². The molecular formula is C61H106Cl2N12O12. The predicted molar refractivity (Wildman–Crippen MR) is 326 cm³/mol. The molecule has 0 fully saturated rings. The van der Waals surface area contributed by atoms with Crippen LogP contribution in [0.4, 0.5) is 0 Å². The van der Waals surface area contributed by atoms with E-state index in [-0.39, 0.29) is 81.9 Å². The van der Waals surface area contributed by atoms with Crippen molar-refractivity contribution in [1.29, 1.82) is 0 Å². The molecule has 0 aliphatic heterocycles. The number of ether oxygens (including phenoxy) is 2. The Morgan fingerprint density at radius 3 is 1.21 bits per heavy atom. The van der Waals surface area contributed by atoms with Crippen molar-refractivity contribution < 1.29 is 93.7 Å². The summed E-state index contributed by atoms with van der Waals surface area (Å²) in [4.78, 5) is 126. The topological polar surface area (TPSA) is 393 Å². The van der Waals surface area contributed by atoms with E-state index < -0.39 is 77.5 Å². The highest BCUT2D eigenvalue weighted by molar-refractivity contribution is 5.97. The van der Waals surface area contributed by atoms with E-state index in [1.165, 1.54) is 20.3 Å². The van der Waals surface area contributed by atoms with E-state index in [0.717, 1.165) is 115 Å². The molecule has 6 amide bonds. The number of carbonyl (C=O) groups is 10. The van der Waals surface area contributed by atoms with Gasteiger partial charge in [-0.15, -0.1) is 0 Å². The second-order valence-electron chi connectivity index (χ2n) is 20.6. The fraction of sp³-hybridized carbons (Fsp3) is 0.639. The van der Waals surface area contributed by atoms with Crippen LogP contribution in [0, 0.1) is 11.8 Å². The standard InChI is InChI=1S/C31H40N2O7.C25H50N8O5.C5H14N2.2ClH/c1-3-4-5-12-17-32-31(38)26(19-29(36)39-21-24-13-8-6-9-14-24)18-28(35)27(33-23(2)34)20-30(37)40-22-25-15-10-7-11-16-25;1-3-4-5-6-9-32-25(38)20(17-23(36)30-14-12-28-10-7-26)16-22(35)21(33-19(2)34)18-24(37)31-15-13-29-11-8-27;6-4-2-1-3-5-7;;/h6-11,13-16,26-27H,3-5,12,17-22H2,1-2H3,(H,32,38)(H,33,34);20-21,28-29H,3-18,26-27H2,1-2H3,(H,30,36)(H,31,37)(H,32,38)(H,33,34);1-7H2;2*1H/t26-,27+;20-,21+;;;/m00.../s1. The Kier molecular flexibility index (Phi) is 56.3. The molecule has 0 bridgehead atoms. The van der Waals surface area contributed by atoms with Gasteiger partial charge >= 0.3 is 11.9 Å². The molecule has 0 aliphatic carbocycles. The highest BCUT2D eigenvalue weighted by Crippen LogP contribution is 2.17. The van der Waals surface area contributed by atoms with Gasteiger partial charge in [-0.25, -0.2) is 0 Å². The largest absolute Gasteiger partial charge is 1.00 e. The smallest absolute Gasteiger partial charge is 0.308 e. The van der Waals surface area contributed by atoms with Crippen molar-refractivity contribution >= 4 is 58.9 Å². The molecule has 0 saturated carbocycles. The fourth-order valence-corrected chi connectivity index (χ4v) is 8.14. The van der Waals surface area contributed by atoms with Gasteiger partial charge in [0.1, 0.15) is 13.2 Å². The predicted octanol–water partition coefficient (Wildman–Crippen LogP) is -5.45. The van der Waals surface area contributed by atoms with Crippen molar-refractivity contribution in [2.75, 3.05) is 78.5 Å². The molecule has 0 radical (unpaired) electrons. The number of nitrogens with two attached hydrogens (primary N) is 2. The zero-order chi connectivity index (χ0) is 63.3. The molecule has 87 heavy (non-hydrogen) atoms. The van der Waals surface area contributed by atoms with Gasteiger partial charge in [0.05, 0.1) is 56.3 Å². The second-order valence-corrected chi connectivity index (χ2v) is 20.6. The Hall–Kier alpha value is -6.12. The maximum absolute atomic E-state index is 13.2. The molecule has 0 aromatic heterocycles. The number of hydrogen-bond donors (Lipinski definition) is 12. The van der Waals surface area contributed by atoms with Crippen LogP contribution in [-0.2, 0) is 70.6 Å². The van der Waals surface area contributed by atoms with Gasteiger partial charge in [0, 0.05) is 85.5 Å². The molecule has 0 saturated heterocycles. The summed E-state index contributed by atoms with van der Waals surface area (Å²) in [6.45, 7) is 14.0. The lowest BCUT2D eigenvalue weighted by atomic mass is 9.92. The van der Waals surface area contributed by atoms with Crippen LogP contribution in [0.2, 0.25) is 0 Å². The number of carbonyl (C=O) groups excluding carboxylic acids is 10. The van der Waals surface area contributed by atoms with E-state index in [1.807, 2.05) is 48.5 Å². The monoisotopic (exact) mass is 1270 g/mol. The normalized spacial score (nSPS) is 11.7. The first-order valence-electron chi connectivity index (χ1n) is 30.4. The number of rotatable bonds is 46. The first-order valence-corrected chi connectivity index (χ1v) is 30.4. The number of Topliss-reactive ketones (excluding diaryl/α,β-unsaturated/α-hetero) is 2. The maximum atomic E-state index is 13.2. The lowest BCUT2D eigenvalue weighted by Gasteiger charge is -2.21. The van der Waals surface area contributed by atoms with E-state index in [0.29, 0.717) is 39.3 Å². The number of nitrogens with one attached hydrogen (secondary N) is 8. The third kappa shape index (κ3) is 48.6. The number of hydrogen-bond acceptors (Lipinski definition) is 16. The zero-order valence-corrected chi connectivity index (χ0v) is 53.7. The number of esters is 2. The summed E-state index contributed by atoms with van der Waals surface area (Å²) < 4.78 is 10.6. The molecule has 24 nitrogen and oxygen atoms in total. The van der Waals surface area contributed by atoms with Crippen molar-refractivity contribution in [2.45, 2.75) is 162 Å². The zero-order valence-electron chi connectivity index (χ0n) is 52.2. The average molecular weight is 1270 g/mol. The molecule has 4 atom stereocenters. The van der Waals surface area contributed by atoms with E-state index in [1.54, 1.807) is 12.1 Å². The molecule has 0 unspecified atom stereocenters. The molecule has 496 valence electrons. The minimum Gasteiger partial charge on any atom is -1.00 e. The van der Waals surface area contributed by atoms with Crippen molar-refractivity contribution in [3.8, 4) is 0 Å². The maximum Gasteiger partial charge on any atom is 0.308 e. The number of benzene rings is 2. The molecule has 0 aliphatic rings. The number of ketones is 2. The first-order chi connectivity index (χ1) is 40.9. The number of halogens is 2. The van der Waals surface area contributed by atoms with Gasteiger partial charge in [0.25, 0.3) is 0 Å². The molecule has 2 rings (SSSR count). The van der Waals surface area contributed by atoms with Crippen molar-refractivity contribution in [3.63, 3.8) is 0 Å². The molecule has 0 spiro atoms. The third-order valence-electron chi connectivity index (χ3n) is 12.8. The van der Waals surface area contributed by atoms with Crippen LogP contribution >= 0.6 is 0 Å². The highest BCUT2D eigenvalue weighted by Gasteiger charge is 2.32. The SMILES string of the molecule is CCCCCCNC(=O)[C@H](CC(=O)NCCNCC[NH3+])CC(=O)[C@@H](CC(=O)NCCNCC[NH3+])NC(C)=O.CCCCCCNC(=O)[C@H](CC(=O)OCc1ccccc1)CC(=O)[C@@H](CC(=O)OCc1ccccc1)NC(C)=O.NCCCCCN.[Cl-].[Cl-]. The molecule has 18 N–H and O–H groups in total. The Morgan fingerprint density at radius 2 is 0.816 bits per heavy atom. The Labute approximate surface area is 528 Å². The van der Waals surface area contributed by atoms with Crippen LogP contribution in [0.3, 0.4) is 0 Å². The number of quaternary nitrogens is 2. The molecule has 0 heterocycles. The molecular weight excluding hydrogens is 1160 g/mol. The molecule has 2 aromatic rings. The van der Waals surface area contributed by atoms with Crippen LogP contribution in [0.1, 0.15) is 148 Å². The summed E-state index contributed by atoms with van der Waals surface area (Å²) >= 11 is 0. The van der Waals surface area contributed by atoms with Crippen LogP contribution in [-0.4, -0.2) is 150 Å². The minimum atomic E-state index is -1.19. The summed E-state index contributed by atoms with van der Waals surface area (Å²) in [5.74, 6) is -6.77. The van der Waals surface area contributed by atoms with Gasteiger partial charge in [-0.3, -0.25) is 47.9 Å². The van der Waals surface area contributed by atoms with Crippen molar-refractivity contribution in [1.82, 2.24) is 42.5 Å². The summed E-state index contributed by atoms with van der Waals surface area (Å²) in [5.41, 5.74) is 19.5. The second kappa shape index (κ2) is 57.6. The summed E-state index contributed by atoms with van der Waals surface area (Å²) in [6.07, 6.45) is 9.44. The Bertz CT molecular complexity index is 2190. The lowest BCUT2D eigenvalue weighted by Crippen LogP contribution is -3.00. The minimum absolute atomic E-state index is 0. The van der Waals surface area contributed by atoms with Gasteiger partial charge in [-0.05, 0) is 49.9 Å². The fourth-order valence-electron chi connectivity index (χ4n) is 8.14. The van der Waals surface area contributed by atoms with E-state index in [2.05, 4.69) is 67.8 Å². The van der Waals surface area contributed by atoms with Gasteiger partial charge < -0.3 is 99.8 Å². The van der Waals surface area contributed by atoms with Gasteiger partial charge in [-0.1, -0.05) is 119 Å². The highest BCUT2D eigenvalue weighted by atomic mass is 35.5. The van der Waals surface area contributed by atoms with Crippen LogP contribution in [0.5, 0.6) is 0 Å². The quantitative estimate of drug-likeness (QED) is 0.0217. The summed E-state index contributed by atoms with van der Waals surface area (Å²) in [6, 6.07) is 15.9. The first kappa shape index (κ1) is 85.1. The van der Waals surface area contributed by atoms with E-state index in [4.69, 9.17) is 20.9 Å². The Morgan fingerprint density at radius 1 is 0.437 bits per heavy atom. The number of unbranched alkanes of at least 4 members (excludes halogenated alkanes) is 8. The van der Waals surface area contributed by atoms with Gasteiger partial charge in [-0.2, -0.15) is 0 Å². The van der Waals surface area contributed by atoms with E-state index >= 15 is 0 Å². The third-order valence-corrected chi connectivity index (χ3v) is 12.8. The van der Waals surface area contributed by atoms with Gasteiger partial charge in [0.2, 0.25) is 35.4 Å². The summed E-state index contributed by atoms with van der Waals surface area (Å²) in [7, 11) is 0. The molecule has 26 heteroatoms. The van der Waals surface area contributed by atoms with Gasteiger partial charge in [0.15, 0.2) is 11.6 Å². The average Bonchev–Trinajstić information content (AvgIpc) is 3.70. The number of amides is 6. The lowest BCUT2D eigenvalue weighted by molar-refractivity contribution is -0.365. The molecule has 2 aromatic carbocycles. The van der Waals surface area contributed by atoms with E-state index in [9.17, 15) is 47.9 Å².